The summed E-state index contributed by atoms with van der Waals surface area (Å²) < 4.78 is 26.5. The summed E-state index contributed by atoms with van der Waals surface area (Å²) in [6.45, 7) is 4.67. The Hall–Kier alpha value is -1.11. The Morgan fingerprint density at radius 3 is 2.61 bits per heavy atom. The summed E-state index contributed by atoms with van der Waals surface area (Å²) in [5, 5.41) is 3.18. The monoisotopic (exact) mass is 271 g/mol. The van der Waals surface area contributed by atoms with Crippen molar-refractivity contribution < 1.29 is 8.42 Å². The van der Waals surface area contributed by atoms with Crippen molar-refractivity contribution in [1.29, 1.82) is 0 Å². The number of sulfonamides is 1. The molecule has 1 rings (SSSR count). The fourth-order valence-corrected chi connectivity index (χ4v) is 2.89. The maximum absolute atomic E-state index is 12.0. The molecule has 0 saturated heterocycles. The average molecular weight is 271 g/mol. The number of anilines is 1. The third kappa shape index (κ3) is 3.97. The molecule has 1 aromatic rings. The van der Waals surface area contributed by atoms with E-state index < -0.39 is 10.0 Å². The van der Waals surface area contributed by atoms with E-state index in [-0.39, 0.29) is 10.9 Å². The summed E-state index contributed by atoms with van der Waals surface area (Å²) in [7, 11) is -3.45. The van der Waals surface area contributed by atoms with Crippen LogP contribution in [0.2, 0.25) is 0 Å². The predicted octanol–water partition coefficient (Wildman–Crippen LogP) is 1.13. The normalized spacial score (nSPS) is 13.3. The lowest BCUT2D eigenvalue weighted by Crippen LogP contribution is -2.26. The van der Waals surface area contributed by atoms with Crippen LogP contribution in [0.1, 0.15) is 20.3 Å². The van der Waals surface area contributed by atoms with Crippen molar-refractivity contribution in [1.82, 2.24) is 4.72 Å². The van der Waals surface area contributed by atoms with Gasteiger partial charge in [0, 0.05) is 12.6 Å². The first-order valence-electron chi connectivity index (χ1n) is 6.06. The van der Waals surface area contributed by atoms with Crippen LogP contribution in [0.5, 0.6) is 0 Å². The molecule has 102 valence electrons. The molecule has 0 heterocycles. The van der Waals surface area contributed by atoms with Crippen LogP contribution in [0.3, 0.4) is 0 Å². The highest BCUT2D eigenvalue weighted by Gasteiger charge is 2.17. The van der Waals surface area contributed by atoms with Crippen molar-refractivity contribution >= 4 is 15.7 Å². The highest BCUT2D eigenvalue weighted by Crippen LogP contribution is 2.21. The van der Waals surface area contributed by atoms with Gasteiger partial charge in [-0.25, -0.2) is 13.1 Å². The second-order valence-corrected chi connectivity index (χ2v) is 5.86. The van der Waals surface area contributed by atoms with Gasteiger partial charge in [-0.05, 0) is 32.0 Å². The first kappa shape index (κ1) is 14.9. The van der Waals surface area contributed by atoms with Crippen LogP contribution in [-0.2, 0) is 10.0 Å². The van der Waals surface area contributed by atoms with Crippen molar-refractivity contribution in [3.8, 4) is 0 Å². The second kappa shape index (κ2) is 6.72. The maximum Gasteiger partial charge on any atom is 0.242 e. The standard InChI is InChI=1S/C12H21N3O2S/c1-3-14-18(16,17)12-7-5-4-6-11(12)15-10(2)8-9-13/h4-7,10,14-15H,3,8-9,13H2,1-2H3. The van der Waals surface area contributed by atoms with Gasteiger partial charge in [0.05, 0.1) is 5.69 Å². The molecule has 0 saturated carbocycles. The van der Waals surface area contributed by atoms with Crippen molar-refractivity contribution in [3.63, 3.8) is 0 Å². The lowest BCUT2D eigenvalue weighted by Gasteiger charge is -2.17. The number of hydrogen-bond donors (Lipinski definition) is 3. The van der Waals surface area contributed by atoms with E-state index >= 15 is 0 Å². The van der Waals surface area contributed by atoms with E-state index in [2.05, 4.69) is 10.0 Å². The van der Waals surface area contributed by atoms with E-state index in [0.29, 0.717) is 18.8 Å². The van der Waals surface area contributed by atoms with Gasteiger partial charge >= 0.3 is 0 Å². The van der Waals surface area contributed by atoms with Crippen LogP contribution in [0, 0.1) is 0 Å². The fraction of sp³-hybridized carbons (Fsp3) is 0.500. The zero-order valence-corrected chi connectivity index (χ0v) is 11.6. The first-order valence-corrected chi connectivity index (χ1v) is 7.55. The van der Waals surface area contributed by atoms with E-state index in [1.807, 2.05) is 13.0 Å². The smallest absolute Gasteiger partial charge is 0.242 e. The maximum atomic E-state index is 12.0. The third-order valence-corrected chi connectivity index (χ3v) is 4.12. The quantitative estimate of drug-likeness (QED) is 0.694. The first-order chi connectivity index (χ1) is 8.51. The van der Waals surface area contributed by atoms with E-state index in [0.717, 1.165) is 6.42 Å². The zero-order chi connectivity index (χ0) is 13.6. The van der Waals surface area contributed by atoms with E-state index in [9.17, 15) is 8.42 Å². The van der Waals surface area contributed by atoms with E-state index in [4.69, 9.17) is 5.73 Å². The van der Waals surface area contributed by atoms with Crippen LogP contribution < -0.4 is 15.8 Å². The molecule has 0 aliphatic rings. The summed E-state index contributed by atoms with van der Waals surface area (Å²) in [5.74, 6) is 0. The van der Waals surface area contributed by atoms with Crippen LogP contribution in [-0.4, -0.2) is 27.5 Å². The molecule has 1 aromatic carbocycles. The Balaban J connectivity index is 3.00. The van der Waals surface area contributed by atoms with Crippen LogP contribution >= 0.6 is 0 Å². The zero-order valence-electron chi connectivity index (χ0n) is 10.8. The second-order valence-electron chi connectivity index (χ2n) is 4.12. The molecule has 0 aromatic heterocycles. The molecule has 0 spiro atoms. The van der Waals surface area contributed by atoms with Gasteiger partial charge in [-0.15, -0.1) is 0 Å². The topological polar surface area (TPSA) is 84.2 Å². The molecule has 0 radical (unpaired) electrons. The van der Waals surface area contributed by atoms with Gasteiger partial charge in [0.1, 0.15) is 4.90 Å². The number of rotatable bonds is 7. The minimum absolute atomic E-state index is 0.132. The Kier molecular flexibility index (Phi) is 5.58. The molecule has 1 unspecified atom stereocenters. The molecule has 6 heteroatoms. The summed E-state index contributed by atoms with van der Waals surface area (Å²) in [4.78, 5) is 0.274. The van der Waals surface area contributed by atoms with Crippen molar-refractivity contribution in [2.45, 2.75) is 31.2 Å². The van der Waals surface area contributed by atoms with Gasteiger partial charge in [-0.2, -0.15) is 0 Å². The highest BCUT2D eigenvalue weighted by atomic mass is 32.2. The summed E-state index contributed by atoms with van der Waals surface area (Å²) in [5.41, 5.74) is 6.09. The van der Waals surface area contributed by atoms with Gasteiger partial charge in [0.15, 0.2) is 0 Å². The van der Waals surface area contributed by atoms with Crippen LogP contribution in [0.4, 0.5) is 5.69 Å². The molecule has 0 fully saturated rings. The molecule has 1 atom stereocenters. The molecular formula is C12H21N3O2S. The molecule has 0 aliphatic carbocycles. The lowest BCUT2D eigenvalue weighted by molar-refractivity contribution is 0.584. The molecule has 5 nitrogen and oxygen atoms in total. The minimum Gasteiger partial charge on any atom is -0.381 e. The Morgan fingerprint density at radius 1 is 1.33 bits per heavy atom. The van der Waals surface area contributed by atoms with E-state index in [1.165, 1.54) is 0 Å². The van der Waals surface area contributed by atoms with Gasteiger partial charge in [-0.3, -0.25) is 0 Å². The lowest BCUT2D eigenvalue weighted by atomic mass is 10.2. The third-order valence-electron chi connectivity index (χ3n) is 2.51. The molecular weight excluding hydrogens is 250 g/mol. The van der Waals surface area contributed by atoms with Gasteiger partial charge in [0.2, 0.25) is 10.0 Å². The minimum atomic E-state index is -3.45. The Morgan fingerprint density at radius 2 is 2.00 bits per heavy atom. The van der Waals surface area contributed by atoms with Crippen LogP contribution in [0.15, 0.2) is 29.2 Å². The molecule has 0 amide bonds. The van der Waals surface area contributed by atoms with Crippen molar-refractivity contribution in [2.24, 2.45) is 5.73 Å². The Labute approximate surface area is 109 Å². The molecule has 18 heavy (non-hydrogen) atoms. The molecule has 4 N–H and O–H groups in total. The largest absolute Gasteiger partial charge is 0.381 e. The van der Waals surface area contributed by atoms with Gasteiger partial charge in [-0.1, -0.05) is 19.1 Å². The van der Waals surface area contributed by atoms with Crippen molar-refractivity contribution in [2.75, 3.05) is 18.4 Å². The van der Waals surface area contributed by atoms with E-state index in [1.54, 1.807) is 25.1 Å². The van der Waals surface area contributed by atoms with Crippen molar-refractivity contribution in [3.05, 3.63) is 24.3 Å². The Bertz CT molecular complexity index is 474. The number of nitrogens with two attached hydrogens (primary N) is 1. The number of benzene rings is 1. The average Bonchev–Trinajstić information content (AvgIpc) is 2.29. The predicted molar refractivity (Wildman–Crippen MR) is 74.1 cm³/mol. The summed E-state index contributed by atoms with van der Waals surface area (Å²) in [6, 6.07) is 7.01. The number of hydrogen-bond acceptors (Lipinski definition) is 4. The summed E-state index contributed by atoms with van der Waals surface area (Å²) in [6.07, 6.45) is 0.787. The number of para-hydroxylation sites is 1. The van der Waals surface area contributed by atoms with Gasteiger partial charge < -0.3 is 11.1 Å². The van der Waals surface area contributed by atoms with Crippen LogP contribution in [0.25, 0.3) is 0 Å². The molecule has 0 aliphatic heterocycles. The van der Waals surface area contributed by atoms with Gasteiger partial charge in [0.25, 0.3) is 0 Å². The fourth-order valence-electron chi connectivity index (χ4n) is 1.68. The highest BCUT2D eigenvalue weighted by molar-refractivity contribution is 7.89. The number of nitrogens with one attached hydrogen (secondary N) is 2. The summed E-state index contributed by atoms with van der Waals surface area (Å²) >= 11 is 0. The molecule has 0 bridgehead atoms. The SMILES string of the molecule is CCNS(=O)(=O)c1ccccc1NC(C)CCN.